The highest BCUT2D eigenvalue weighted by molar-refractivity contribution is 5.82. The molecular weight excluding hydrogens is 256 g/mol. The quantitative estimate of drug-likeness (QED) is 0.827. The lowest BCUT2D eigenvalue weighted by molar-refractivity contribution is -0.122. The molecule has 1 aliphatic rings. The van der Waals surface area contributed by atoms with Gasteiger partial charge in [0, 0.05) is 6.54 Å². The third kappa shape index (κ3) is 3.63. The first-order chi connectivity index (χ1) is 9.74. The molecule has 1 fully saturated rings. The van der Waals surface area contributed by atoms with Gasteiger partial charge in [0.25, 0.3) is 0 Å². The molecule has 1 atom stereocenters. The van der Waals surface area contributed by atoms with Crippen molar-refractivity contribution in [1.29, 1.82) is 0 Å². The Kier molecular flexibility index (Phi) is 5.24. The number of methoxy groups -OCH3 is 1. The highest BCUT2D eigenvalue weighted by Gasteiger charge is 2.21. The summed E-state index contributed by atoms with van der Waals surface area (Å²) in [6.07, 6.45) is 1.98. The molecule has 110 valence electrons. The summed E-state index contributed by atoms with van der Waals surface area (Å²) in [6, 6.07) is 5.66. The lowest BCUT2D eigenvalue weighted by Crippen LogP contribution is -2.39. The summed E-state index contributed by atoms with van der Waals surface area (Å²) in [7, 11) is 1.62. The van der Waals surface area contributed by atoms with Gasteiger partial charge in [-0.3, -0.25) is 4.79 Å². The van der Waals surface area contributed by atoms with Crippen LogP contribution in [0.25, 0.3) is 0 Å². The lowest BCUT2D eigenvalue weighted by atomic mass is 10.1. The molecule has 0 radical (unpaired) electrons. The summed E-state index contributed by atoms with van der Waals surface area (Å²) in [5, 5.41) is 6.14. The van der Waals surface area contributed by atoms with Crippen LogP contribution < -0.4 is 20.1 Å². The first-order valence-electron chi connectivity index (χ1n) is 7.05. The van der Waals surface area contributed by atoms with E-state index in [-0.39, 0.29) is 11.9 Å². The monoisotopic (exact) mass is 278 g/mol. The normalized spacial score (nSPS) is 17.8. The maximum absolute atomic E-state index is 11.9. The Morgan fingerprint density at radius 2 is 2.30 bits per heavy atom. The third-order valence-electron chi connectivity index (χ3n) is 3.37. The van der Waals surface area contributed by atoms with Crippen molar-refractivity contribution in [2.24, 2.45) is 0 Å². The molecule has 1 saturated heterocycles. The van der Waals surface area contributed by atoms with Gasteiger partial charge in [-0.1, -0.05) is 6.07 Å². The molecule has 1 aromatic carbocycles. The molecule has 5 nitrogen and oxygen atoms in total. The highest BCUT2D eigenvalue weighted by Crippen LogP contribution is 2.27. The number of hydrogen-bond donors (Lipinski definition) is 2. The van der Waals surface area contributed by atoms with Gasteiger partial charge in [-0.2, -0.15) is 0 Å². The van der Waals surface area contributed by atoms with E-state index in [0.717, 1.165) is 24.9 Å². The summed E-state index contributed by atoms with van der Waals surface area (Å²) in [5.41, 5.74) is 1.00. The maximum Gasteiger partial charge on any atom is 0.237 e. The second-order valence-electron chi connectivity index (χ2n) is 4.78. The highest BCUT2D eigenvalue weighted by atomic mass is 16.5. The van der Waals surface area contributed by atoms with Gasteiger partial charge in [0.1, 0.15) is 0 Å². The number of carbonyl (C=O) groups excluding carboxylic acids is 1. The number of ether oxygens (including phenoxy) is 2. The first kappa shape index (κ1) is 14.7. The van der Waals surface area contributed by atoms with Gasteiger partial charge < -0.3 is 20.1 Å². The fraction of sp³-hybridized carbons (Fsp3) is 0.533. The van der Waals surface area contributed by atoms with Crippen LogP contribution in [0.15, 0.2) is 18.2 Å². The summed E-state index contributed by atoms with van der Waals surface area (Å²) in [4.78, 5) is 11.9. The zero-order chi connectivity index (χ0) is 14.4. The topological polar surface area (TPSA) is 59.6 Å². The SMILES string of the molecule is CCOc1cc(CNC(=O)C2CCCN2)ccc1OC. The van der Waals surface area contributed by atoms with E-state index in [2.05, 4.69) is 10.6 Å². The Balaban J connectivity index is 1.95. The Morgan fingerprint density at radius 3 is 2.95 bits per heavy atom. The molecule has 20 heavy (non-hydrogen) atoms. The van der Waals surface area contributed by atoms with Crippen molar-refractivity contribution in [1.82, 2.24) is 10.6 Å². The second-order valence-corrected chi connectivity index (χ2v) is 4.78. The van der Waals surface area contributed by atoms with Crippen molar-refractivity contribution in [3.05, 3.63) is 23.8 Å². The van der Waals surface area contributed by atoms with E-state index < -0.39 is 0 Å². The minimum absolute atomic E-state index is 0.0420. The predicted octanol–water partition coefficient (Wildman–Crippen LogP) is 1.46. The van der Waals surface area contributed by atoms with Crippen LogP contribution >= 0.6 is 0 Å². The second kappa shape index (κ2) is 7.14. The van der Waals surface area contributed by atoms with E-state index in [0.29, 0.717) is 24.7 Å². The maximum atomic E-state index is 11.9. The average Bonchev–Trinajstić information content (AvgIpc) is 2.99. The predicted molar refractivity (Wildman–Crippen MR) is 77.0 cm³/mol. The minimum atomic E-state index is -0.0420. The van der Waals surface area contributed by atoms with E-state index in [4.69, 9.17) is 9.47 Å². The number of nitrogens with one attached hydrogen (secondary N) is 2. The standard InChI is InChI=1S/C15H22N2O3/c1-3-20-14-9-11(6-7-13(14)19-2)10-17-15(18)12-5-4-8-16-12/h6-7,9,12,16H,3-5,8,10H2,1-2H3,(H,17,18). The lowest BCUT2D eigenvalue weighted by Gasteiger charge is -2.13. The molecule has 5 heteroatoms. The van der Waals surface area contributed by atoms with E-state index in [1.165, 1.54) is 0 Å². The van der Waals surface area contributed by atoms with Crippen LogP contribution in [0.5, 0.6) is 11.5 Å². The van der Waals surface area contributed by atoms with Crippen LogP contribution in [0.1, 0.15) is 25.3 Å². The van der Waals surface area contributed by atoms with Crippen LogP contribution in [0, 0.1) is 0 Å². The fourth-order valence-corrected chi connectivity index (χ4v) is 2.32. The molecule has 0 aliphatic carbocycles. The van der Waals surface area contributed by atoms with Crippen molar-refractivity contribution >= 4 is 5.91 Å². The molecule has 2 rings (SSSR count). The van der Waals surface area contributed by atoms with Crippen molar-refractivity contribution in [3.8, 4) is 11.5 Å². The summed E-state index contributed by atoms with van der Waals surface area (Å²) in [6.45, 7) is 3.94. The molecule has 1 unspecified atom stereocenters. The van der Waals surface area contributed by atoms with E-state index in [9.17, 15) is 4.79 Å². The number of rotatable bonds is 6. The molecule has 1 aromatic rings. The van der Waals surface area contributed by atoms with Crippen molar-refractivity contribution < 1.29 is 14.3 Å². The van der Waals surface area contributed by atoms with Crippen LogP contribution in [-0.4, -0.2) is 32.2 Å². The van der Waals surface area contributed by atoms with Gasteiger partial charge >= 0.3 is 0 Å². The van der Waals surface area contributed by atoms with Gasteiger partial charge in [-0.05, 0) is 44.0 Å². The number of benzene rings is 1. The van der Waals surface area contributed by atoms with Gasteiger partial charge in [0.05, 0.1) is 19.8 Å². The van der Waals surface area contributed by atoms with Gasteiger partial charge in [0.15, 0.2) is 11.5 Å². The number of carbonyl (C=O) groups is 1. The molecule has 2 N–H and O–H groups in total. The Bertz CT molecular complexity index is 456. The van der Waals surface area contributed by atoms with Gasteiger partial charge in [-0.15, -0.1) is 0 Å². The zero-order valence-corrected chi connectivity index (χ0v) is 12.1. The first-order valence-corrected chi connectivity index (χ1v) is 7.05. The Morgan fingerprint density at radius 1 is 1.45 bits per heavy atom. The molecule has 0 aromatic heterocycles. The minimum Gasteiger partial charge on any atom is -0.493 e. The van der Waals surface area contributed by atoms with Gasteiger partial charge in [-0.25, -0.2) is 0 Å². The number of amides is 1. The number of hydrogen-bond acceptors (Lipinski definition) is 4. The zero-order valence-electron chi connectivity index (χ0n) is 12.1. The van der Waals surface area contributed by atoms with Crippen LogP contribution in [0.3, 0.4) is 0 Å². The molecule has 0 spiro atoms. The largest absolute Gasteiger partial charge is 0.493 e. The molecule has 0 saturated carbocycles. The molecule has 1 aliphatic heterocycles. The van der Waals surface area contributed by atoms with E-state index in [1.54, 1.807) is 7.11 Å². The molecule has 0 bridgehead atoms. The van der Waals surface area contributed by atoms with Crippen molar-refractivity contribution in [2.75, 3.05) is 20.3 Å². The van der Waals surface area contributed by atoms with Crippen LogP contribution in [0.4, 0.5) is 0 Å². The average molecular weight is 278 g/mol. The Hall–Kier alpha value is -1.75. The van der Waals surface area contributed by atoms with E-state index in [1.807, 2.05) is 25.1 Å². The van der Waals surface area contributed by atoms with Crippen LogP contribution in [0.2, 0.25) is 0 Å². The molecule has 1 heterocycles. The Labute approximate surface area is 119 Å². The smallest absolute Gasteiger partial charge is 0.237 e. The molecule has 1 amide bonds. The van der Waals surface area contributed by atoms with Crippen LogP contribution in [-0.2, 0) is 11.3 Å². The summed E-state index contributed by atoms with van der Waals surface area (Å²) < 4.78 is 10.8. The fourth-order valence-electron chi connectivity index (χ4n) is 2.32. The van der Waals surface area contributed by atoms with Gasteiger partial charge in [0.2, 0.25) is 5.91 Å². The summed E-state index contributed by atoms with van der Waals surface area (Å²) >= 11 is 0. The summed E-state index contributed by atoms with van der Waals surface area (Å²) in [5.74, 6) is 1.48. The molecular formula is C15H22N2O3. The van der Waals surface area contributed by atoms with Crippen molar-refractivity contribution in [2.45, 2.75) is 32.4 Å². The van der Waals surface area contributed by atoms with Crippen molar-refractivity contribution in [3.63, 3.8) is 0 Å². The third-order valence-corrected chi connectivity index (χ3v) is 3.37. The van der Waals surface area contributed by atoms with E-state index >= 15 is 0 Å².